The number of Topliss-reactive ketones (excluding diaryl/α,β-unsaturated/α-hetero) is 1. The van der Waals surface area contributed by atoms with Crippen LogP contribution >= 0.6 is 0 Å². The van der Waals surface area contributed by atoms with Crippen LogP contribution in [0.3, 0.4) is 0 Å². The predicted molar refractivity (Wildman–Crippen MR) is 86.6 cm³/mol. The molecule has 0 unspecified atom stereocenters. The highest BCUT2D eigenvalue weighted by Crippen LogP contribution is 2.39. The Kier molecular flexibility index (Phi) is 4.44. The Morgan fingerprint density at radius 2 is 1.81 bits per heavy atom. The zero-order valence-electron chi connectivity index (χ0n) is 12.9. The lowest BCUT2D eigenvalue weighted by atomic mass is 9.73. The molecule has 0 aliphatic heterocycles. The molecule has 2 saturated carbocycles. The molecule has 1 aromatic rings. The van der Waals surface area contributed by atoms with Crippen LogP contribution in [0.2, 0.25) is 0 Å². The smallest absolute Gasteiger partial charge is 0.170 e. The molecule has 114 valence electrons. The number of rotatable bonds is 4. The molecule has 2 aliphatic rings. The van der Waals surface area contributed by atoms with Gasteiger partial charge in [0.1, 0.15) is 0 Å². The van der Waals surface area contributed by atoms with Crippen molar-refractivity contribution in [2.75, 3.05) is 6.54 Å². The monoisotopic (exact) mass is 285 g/mol. The molecule has 3 rings (SSSR count). The fourth-order valence-corrected chi connectivity index (χ4v) is 3.91. The molecular weight excluding hydrogens is 258 g/mol. The van der Waals surface area contributed by atoms with E-state index >= 15 is 0 Å². The molecule has 0 aromatic heterocycles. The van der Waals surface area contributed by atoms with E-state index in [1.807, 2.05) is 6.07 Å². The predicted octanol–water partition coefficient (Wildman–Crippen LogP) is 4.44. The van der Waals surface area contributed by atoms with Crippen LogP contribution in [0.5, 0.6) is 0 Å². The summed E-state index contributed by atoms with van der Waals surface area (Å²) in [6, 6.07) is 8.38. The van der Waals surface area contributed by atoms with Crippen molar-refractivity contribution in [1.82, 2.24) is 0 Å². The van der Waals surface area contributed by atoms with Crippen molar-refractivity contribution in [2.24, 2.45) is 11.1 Å². The van der Waals surface area contributed by atoms with Crippen molar-refractivity contribution in [1.29, 1.82) is 0 Å². The molecule has 0 heterocycles. The van der Waals surface area contributed by atoms with Crippen LogP contribution in [-0.2, 0) is 0 Å². The summed E-state index contributed by atoms with van der Waals surface area (Å²) in [5.41, 5.74) is 8.01. The van der Waals surface area contributed by atoms with Crippen molar-refractivity contribution >= 4 is 5.78 Å². The van der Waals surface area contributed by atoms with E-state index in [9.17, 15) is 4.79 Å². The molecule has 0 radical (unpaired) electrons. The summed E-state index contributed by atoms with van der Waals surface area (Å²) in [4.78, 5) is 13.1. The number of ketones is 1. The minimum atomic E-state index is -0.297. The second-order valence-electron chi connectivity index (χ2n) is 6.98. The second-order valence-corrected chi connectivity index (χ2v) is 6.98. The van der Waals surface area contributed by atoms with Gasteiger partial charge in [-0.15, -0.1) is 0 Å². The molecule has 0 amide bonds. The lowest BCUT2D eigenvalue weighted by Gasteiger charge is -2.31. The quantitative estimate of drug-likeness (QED) is 0.656. The normalized spacial score (nSPS) is 22.3. The van der Waals surface area contributed by atoms with Gasteiger partial charge in [-0.2, -0.15) is 0 Å². The largest absolute Gasteiger partial charge is 0.329 e. The third kappa shape index (κ3) is 2.91. The zero-order chi connectivity index (χ0) is 14.7. The van der Waals surface area contributed by atoms with E-state index < -0.39 is 0 Å². The van der Waals surface area contributed by atoms with Crippen LogP contribution in [0, 0.1) is 5.41 Å². The van der Waals surface area contributed by atoms with Gasteiger partial charge in [0, 0.05) is 17.5 Å². The Hall–Kier alpha value is -1.15. The van der Waals surface area contributed by atoms with Gasteiger partial charge >= 0.3 is 0 Å². The molecule has 0 atom stereocenters. The van der Waals surface area contributed by atoms with Gasteiger partial charge in [-0.3, -0.25) is 4.79 Å². The van der Waals surface area contributed by atoms with Crippen LogP contribution in [0.15, 0.2) is 24.3 Å². The summed E-state index contributed by atoms with van der Waals surface area (Å²) in [7, 11) is 0. The zero-order valence-corrected chi connectivity index (χ0v) is 12.9. The van der Waals surface area contributed by atoms with Crippen LogP contribution in [-0.4, -0.2) is 12.3 Å². The average molecular weight is 285 g/mol. The van der Waals surface area contributed by atoms with Crippen LogP contribution in [0.25, 0.3) is 0 Å². The Morgan fingerprint density at radius 3 is 2.38 bits per heavy atom. The summed E-state index contributed by atoms with van der Waals surface area (Å²) in [5.74, 6) is 0.980. The highest BCUT2D eigenvalue weighted by molar-refractivity contribution is 6.00. The minimum Gasteiger partial charge on any atom is -0.329 e. The van der Waals surface area contributed by atoms with Crippen molar-refractivity contribution < 1.29 is 4.79 Å². The van der Waals surface area contributed by atoms with Gasteiger partial charge in [0.15, 0.2) is 5.78 Å². The van der Waals surface area contributed by atoms with E-state index in [1.165, 1.54) is 37.7 Å². The lowest BCUT2D eigenvalue weighted by molar-refractivity contribution is 0.0774. The van der Waals surface area contributed by atoms with Crippen LogP contribution in [0.1, 0.15) is 79.6 Å². The topological polar surface area (TPSA) is 43.1 Å². The fraction of sp³-hybridized carbons (Fsp3) is 0.632. The number of hydrogen-bond donors (Lipinski definition) is 1. The maximum absolute atomic E-state index is 13.1. The molecule has 2 N–H and O–H groups in total. The average Bonchev–Trinajstić information content (AvgIpc) is 2.71. The summed E-state index contributed by atoms with van der Waals surface area (Å²) < 4.78 is 0. The van der Waals surface area contributed by atoms with E-state index in [1.54, 1.807) is 0 Å². The standard InChI is InChI=1S/C19H27NO/c20-14-19(11-3-1-2-4-12-19)18(21)17-10-6-9-16(13-17)15-7-5-8-15/h6,9-10,13,15H,1-5,7-8,11-12,14,20H2. The molecule has 0 bridgehead atoms. The molecule has 2 heteroatoms. The number of carbonyl (C=O) groups is 1. The Balaban J connectivity index is 1.85. The van der Waals surface area contributed by atoms with Crippen LogP contribution < -0.4 is 5.73 Å². The molecule has 2 fully saturated rings. The molecule has 0 saturated heterocycles. The van der Waals surface area contributed by atoms with Gasteiger partial charge in [0.2, 0.25) is 0 Å². The van der Waals surface area contributed by atoms with Crippen molar-refractivity contribution in [3.63, 3.8) is 0 Å². The van der Waals surface area contributed by atoms with Gasteiger partial charge in [-0.1, -0.05) is 50.3 Å². The molecule has 2 aliphatic carbocycles. The summed E-state index contributed by atoms with van der Waals surface area (Å²) in [6.07, 6.45) is 10.6. The fourth-order valence-electron chi connectivity index (χ4n) is 3.91. The van der Waals surface area contributed by atoms with Crippen molar-refractivity contribution in [3.8, 4) is 0 Å². The Bertz CT molecular complexity index is 496. The van der Waals surface area contributed by atoms with E-state index in [0.717, 1.165) is 31.2 Å². The van der Waals surface area contributed by atoms with E-state index in [2.05, 4.69) is 18.2 Å². The number of carbonyl (C=O) groups excluding carboxylic acids is 1. The third-order valence-corrected chi connectivity index (χ3v) is 5.66. The first-order valence-corrected chi connectivity index (χ1v) is 8.60. The molecule has 0 spiro atoms. The maximum atomic E-state index is 13.1. The van der Waals surface area contributed by atoms with Crippen molar-refractivity contribution in [2.45, 2.75) is 63.7 Å². The number of hydrogen-bond acceptors (Lipinski definition) is 2. The van der Waals surface area contributed by atoms with Gasteiger partial charge in [0.05, 0.1) is 0 Å². The van der Waals surface area contributed by atoms with E-state index in [4.69, 9.17) is 5.73 Å². The molecular formula is C19H27NO. The van der Waals surface area contributed by atoms with Gasteiger partial charge in [-0.05, 0) is 43.2 Å². The summed E-state index contributed by atoms with van der Waals surface area (Å²) in [6.45, 7) is 0.499. The van der Waals surface area contributed by atoms with E-state index in [0.29, 0.717) is 18.2 Å². The Morgan fingerprint density at radius 1 is 1.10 bits per heavy atom. The maximum Gasteiger partial charge on any atom is 0.170 e. The van der Waals surface area contributed by atoms with Gasteiger partial charge in [0.25, 0.3) is 0 Å². The summed E-state index contributed by atoms with van der Waals surface area (Å²) >= 11 is 0. The first-order chi connectivity index (χ1) is 10.2. The van der Waals surface area contributed by atoms with Crippen LogP contribution in [0.4, 0.5) is 0 Å². The van der Waals surface area contributed by atoms with E-state index in [-0.39, 0.29) is 5.41 Å². The number of benzene rings is 1. The second kappa shape index (κ2) is 6.31. The molecule has 21 heavy (non-hydrogen) atoms. The SMILES string of the molecule is NCC1(C(=O)c2cccc(C3CCC3)c2)CCCCCC1. The first-order valence-electron chi connectivity index (χ1n) is 8.60. The molecule has 1 aromatic carbocycles. The highest BCUT2D eigenvalue weighted by Gasteiger charge is 2.37. The van der Waals surface area contributed by atoms with Gasteiger partial charge in [-0.25, -0.2) is 0 Å². The minimum absolute atomic E-state index is 0.297. The highest BCUT2D eigenvalue weighted by atomic mass is 16.1. The Labute approximate surface area is 128 Å². The first kappa shape index (κ1) is 14.8. The van der Waals surface area contributed by atoms with Crippen molar-refractivity contribution in [3.05, 3.63) is 35.4 Å². The molecule has 2 nitrogen and oxygen atoms in total. The third-order valence-electron chi connectivity index (χ3n) is 5.66. The number of nitrogens with two attached hydrogens (primary N) is 1. The van der Waals surface area contributed by atoms with Gasteiger partial charge < -0.3 is 5.73 Å². The lowest BCUT2D eigenvalue weighted by Crippen LogP contribution is -2.38. The summed E-state index contributed by atoms with van der Waals surface area (Å²) in [5, 5.41) is 0.